The quantitative estimate of drug-likeness (QED) is 0.906. The normalized spacial score (nSPS) is 27.8. The molecule has 2 atom stereocenters. The van der Waals surface area contributed by atoms with Gasteiger partial charge in [-0.15, -0.1) is 12.4 Å². The van der Waals surface area contributed by atoms with Crippen molar-refractivity contribution in [3.8, 4) is 0 Å². The van der Waals surface area contributed by atoms with Crippen molar-refractivity contribution in [3.05, 3.63) is 35.6 Å². The number of halogens is 2. The Balaban J connectivity index is 0.00000169. The maximum atomic E-state index is 13.0. The van der Waals surface area contributed by atoms with Gasteiger partial charge in [-0.1, -0.05) is 12.1 Å². The van der Waals surface area contributed by atoms with Gasteiger partial charge >= 0.3 is 0 Å². The monoisotopic (exact) mass is 352 g/mol. The molecule has 3 aliphatic rings. The molecule has 1 N–H and O–H groups in total. The van der Waals surface area contributed by atoms with Gasteiger partial charge in [-0.05, 0) is 74.2 Å². The molecule has 2 saturated heterocycles. The third-order valence-corrected chi connectivity index (χ3v) is 6.12. The molecule has 4 rings (SSSR count). The first-order valence-corrected chi connectivity index (χ1v) is 8.90. The summed E-state index contributed by atoms with van der Waals surface area (Å²) in [6, 6.07) is 6.78. The van der Waals surface area contributed by atoms with Gasteiger partial charge < -0.3 is 10.2 Å². The first-order valence-electron chi connectivity index (χ1n) is 8.90. The van der Waals surface area contributed by atoms with Crippen LogP contribution in [-0.4, -0.2) is 37.0 Å². The van der Waals surface area contributed by atoms with Crippen LogP contribution in [-0.2, 0) is 11.2 Å². The van der Waals surface area contributed by atoms with Crippen LogP contribution in [0.15, 0.2) is 24.3 Å². The summed E-state index contributed by atoms with van der Waals surface area (Å²) < 4.78 is 13.0. The number of rotatable bonds is 3. The summed E-state index contributed by atoms with van der Waals surface area (Å²) >= 11 is 0. The molecular weight excluding hydrogens is 327 g/mol. The molecule has 1 aromatic rings. The fourth-order valence-corrected chi connectivity index (χ4v) is 4.55. The van der Waals surface area contributed by atoms with Gasteiger partial charge in [0, 0.05) is 19.0 Å². The molecule has 3 fully saturated rings. The topological polar surface area (TPSA) is 32.3 Å². The minimum absolute atomic E-state index is 0. The van der Waals surface area contributed by atoms with Crippen LogP contribution in [0.5, 0.6) is 0 Å². The second-order valence-corrected chi connectivity index (χ2v) is 7.64. The SMILES string of the molecule is Cl.O=C(C1CC12CCNCC2)N1CCC(Cc2ccc(F)cc2)C1. The van der Waals surface area contributed by atoms with Crippen molar-refractivity contribution < 1.29 is 9.18 Å². The summed E-state index contributed by atoms with van der Waals surface area (Å²) in [5, 5.41) is 3.40. The molecule has 3 nitrogen and oxygen atoms in total. The van der Waals surface area contributed by atoms with Crippen molar-refractivity contribution in [2.45, 2.75) is 32.1 Å². The van der Waals surface area contributed by atoms with Crippen LogP contribution in [0.2, 0.25) is 0 Å². The first-order chi connectivity index (χ1) is 11.2. The zero-order chi connectivity index (χ0) is 15.9. The third kappa shape index (κ3) is 3.45. The van der Waals surface area contributed by atoms with E-state index >= 15 is 0 Å². The van der Waals surface area contributed by atoms with E-state index in [0.29, 0.717) is 17.2 Å². The van der Waals surface area contributed by atoms with Crippen LogP contribution in [0.25, 0.3) is 0 Å². The van der Waals surface area contributed by atoms with Crippen molar-refractivity contribution in [2.24, 2.45) is 17.3 Å². The minimum Gasteiger partial charge on any atom is -0.342 e. The average Bonchev–Trinajstić information content (AvgIpc) is 3.04. The van der Waals surface area contributed by atoms with Crippen LogP contribution in [0.4, 0.5) is 4.39 Å². The zero-order valence-corrected chi connectivity index (χ0v) is 14.8. The van der Waals surface area contributed by atoms with E-state index in [-0.39, 0.29) is 24.1 Å². The number of amides is 1. The van der Waals surface area contributed by atoms with E-state index in [4.69, 9.17) is 0 Å². The summed E-state index contributed by atoms with van der Waals surface area (Å²) in [6.45, 7) is 3.91. The molecule has 5 heteroatoms. The number of carbonyl (C=O) groups is 1. The molecule has 1 spiro atoms. The number of carbonyl (C=O) groups excluding carboxylic acids is 1. The van der Waals surface area contributed by atoms with Crippen molar-refractivity contribution in [1.82, 2.24) is 10.2 Å². The molecule has 2 heterocycles. The van der Waals surface area contributed by atoms with Gasteiger partial charge in [0.05, 0.1) is 0 Å². The number of nitrogens with zero attached hydrogens (tertiary/aromatic N) is 1. The molecule has 1 aromatic carbocycles. The van der Waals surface area contributed by atoms with Crippen LogP contribution in [0.3, 0.4) is 0 Å². The Kier molecular flexibility index (Phi) is 5.16. The Hall–Kier alpha value is -1.13. The van der Waals surface area contributed by atoms with E-state index in [2.05, 4.69) is 10.2 Å². The molecule has 2 unspecified atom stereocenters. The molecule has 0 aromatic heterocycles. The summed E-state index contributed by atoms with van der Waals surface area (Å²) in [7, 11) is 0. The van der Waals surface area contributed by atoms with E-state index in [1.54, 1.807) is 0 Å². The summed E-state index contributed by atoms with van der Waals surface area (Å²) in [5.41, 5.74) is 1.50. The highest BCUT2D eigenvalue weighted by Gasteiger charge is 2.58. The molecule has 1 amide bonds. The standard InChI is InChI=1S/C19H25FN2O.ClH/c20-16-3-1-14(2-4-16)11-15-5-10-22(13-15)18(23)17-12-19(17)6-8-21-9-7-19;/h1-4,15,17,21H,5-13H2;1H. The van der Waals surface area contributed by atoms with Crippen molar-refractivity contribution in [3.63, 3.8) is 0 Å². The third-order valence-electron chi connectivity index (χ3n) is 6.12. The first kappa shape index (κ1) is 17.7. The number of hydrogen-bond acceptors (Lipinski definition) is 2. The summed E-state index contributed by atoms with van der Waals surface area (Å²) in [6.07, 6.45) is 5.45. The fourth-order valence-electron chi connectivity index (χ4n) is 4.55. The molecule has 24 heavy (non-hydrogen) atoms. The molecule has 132 valence electrons. The van der Waals surface area contributed by atoms with E-state index < -0.39 is 0 Å². The number of benzene rings is 1. The van der Waals surface area contributed by atoms with Gasteiger partial charge in [0.1, 0.15) is 5.82 Å². The molecule has 0 radical (unpaired) electrons. The van der Waals surface area contributed by atoms with Crippen LogP contribution in [0.1, 0.15) is 31.2 Å². The Morgan fingerprint density at radius 2 is 1.96 bits per heavy atom. The summed E-state index contributed by atoms with van der Waals surface area (Å²) in [5.74, 6) is 1.02. The predicted molar refractivity (Wildman–Crippen MR) is 94.7 cm³/mol. The molecule has 1 saturated carbocycles. The fraction of sp³-hybridized carbons (Fsp3) is 0.632. The second-order valence-electron chi connectivity index (χ2n) is 7.64. The highest BCUT2D eigenvalue weighted by atomic mass is 35.5. The van der Waals surface area contributed by atoms with Gasteiger partial charge in [-0.3, -0.25) is 4.79 Å². The van der Waals surface area contributed by atoms with E-state index in [9.17, 15) is 9.18 Å². The van der Waals surface area contributed by atoms with E-state index in [1.807, 2.05) is 12.1 Å². The van der Waals surface area contributed by atoms with Crippen LogP contribution in [0, 0.1) is 23.1 Å². The number of nitrogens with one attached hydrogen (secondary N) is 1. The lowest BCUT2D eigenvalue weighted by Crippen LogP contribution is -2.35. The largest absolute Gasteiger partial charge is 0.342 e. The van der Waals surface area contributed by atoms with Gasteiger partial charge in [0.25, 0.3) is 0 Å². The second kappa shape index (κ2) is 7.01. The lowest BCUT2D eigenvalue weighted by Gasteiger charge is -2.25. The van der Waals surface area contributed by atoms with Gasteiger partial charge in [0.15, 0.2) is 0 Å². The molecule has 1 aliphatic carbocycles. The molecule has 0 bridgehead atoms. The van der Waals surface area contributed by atoms with Crippen LogP contribution < -0.4 is 5.32 Å². The van der Waals surface area contributed by atoms with Crippen LogP contribution >= 0.6 is 12.4 Å². The molecule has 2 aliphatic heterocycles. The highest BCUT2D eigenvalue weighted by molar-refractivity contribution is 5.85. The zero-order valence-electron chi connectivity index (χ0n) is 14.0. The highest BCUT2D eigenvalue weighted by Crippen LogP contribution is 2.59. The predicted octanol–water partition coefficient (Wildman–Crippen LogP) is 3.03. The Labute approximate surface area is 149 Å². The van der Waals surface area contributed by atoms with E-state index in [0.717, 1.165) is 58.3 Å². The van der Waals surface area contributed by atoms with Crippen molar-refractivity contribution in [1.29, 1.82) is 0 Å². The minimum atomic E-state index is -0.182. The lowest BCUT2D eigenvalue weighted by molar-refractivity contribution is -0.132. The van der Waals surface area contributed by atoms with Gasteiger partial charge in [-0.25, -0.2) is 4.39 Å². The number of hydrogen-bond donors (Lipinski definition) is 1. The number of likely N-dealkylation sites (tertiary alicyclic amines) is 1. The Bertz CT molecular complexity index is 586. The van der Waals surface area contributed by atoms with Crippen molar-refractivity contribution in [2.75, 3.05) is 26.2 Å². The maximum Gasteiger partial charge on any atom is 0.226 e. The lowest BCUT2D eigenvalue weighted by atomic mass is 9.91. The maximum absolute atomic E-state index is 13.0. The molecular formula is C19H26ClFN2O. The van der Waals surface area contributed by atoms with Gasteiger partial charge in [0.2, 0.25) is 5.91 Å². The smallest absolute Gasteiger partial charge is 0.226 e. The van der Waals surface area contributed by atoms with Crippen molar-refractivity contribution >= 4 is 18.3 Å². The van der Waals surface area contributed by atoms with E-state index in [1.165, 1.54) is 17.7 Å². The summed E-state index contributed by atoms with van der Waals surface area (Å²) in [4.78, 5) is 14.9. The Morgan fingerprint density at radius 1 is 1.25 bits per heavy atom. The van der Waals surface area contributed by atoms with Gasteiger partial charge in [-0.2, -0.15) is 0 Å². The number of piperidine rings is 1. The average molecular weight is 353 g/mol. The Morgan fingerprint density at radius 3 is 2.67 bits per heavy atom.